The van der Waals surface area contributed by atoms with Crippen LogP contribution in [0, 0.1) is 5.92 Å². The third-order valence-electron chi connectivity index (χ3n) is 5.12. The lowest BCUT2D eigenvalue weighted by Gasteiger charge is -2.34. The van der Waals surface area contributed by atoms with Crippen LogP contribution in [0.25, 0.3) is 5.65 Å². The standard InChI is InChI=1S/C19H29N7O.HI/c1-20-18(27)14-15-8-12-25(13-9-15)19(21-2)22-10-5-7-17-24-23-16-6-3-4-11-26(16)17;/h3-4,6,11,15H,5,7-10,12-14H2,1-2H3,(H,20,27)(H,21,22);1H. The third kappa shape index (κ3) is 5.79. The zero-order valence-corrected chi connectivity index (χ0v) is 18.9. The summed E-state index contributed by atoms with van der Waals surface area (Å²) in [6, 6.07) is 5.93. The van der Waals surface area contributed by atoms with Gasteiger partial charge >= 0.3 is 0 Å². The van der Waals surface area contributed by atoms with Crippen LogP contribution in [0.15, 0.2) is 29.4 Å². The molecule has 1 aliphatic rings. The molecule has 0 unspecified atom stereocenters. The van der Waals surface area contributed by atoms with E-state index < -0.39 is 0 Å². The first-order valence-electron chi connectivity index (χ1n) is 9.66. The van der Waals surface area contributed by atoms with Crippen LogP contribution in [0.2, 0.25) is 0 Å². The number of likely N-dealkylation sites (tertiary alicyclic amines) is 1. The van der Waals surface area contributed by atoms with Crippen LogP contribution in [0.5, 0.6) is 0 Å². The quantitative estimate of drug-likeness (QED) is 0.274. The molecule has 0 radical (unpaired) electrons. The number of hydrogen-bond acceptors (Lipinski definition) is 4. The number of rotatable bonds is 6. The van der Waals surface area contributed by atoms with Gasteiger partial charge in [-0.1, -0.05) is 6.07 Å². The van der Waals surface area contributed by atoms with Gasteiger partial charge in [-0.2, -0.15) is 0 Å². The summed E-state index contributed by atoms with van der Waals surface area (Å²) >= 11 is 0. The zero-order valence-electron chi connectivity index (χ0n) is 16.6. The highest BCUT2D eigenvalue weighted by Crippen LogP contribution is 2.20. The molecule has 154 valence electrons. The fraction of sp³-hybridized carbons (Fsp3) is 0.579. The highest BCUT2D eigenvalue weighted by Gasteiger charge is 2.22. The normalized spacial score (nSPS) is 15.4. The first-order chi connectivity index (χ1) is 13.2. The van der Waals surface area contributed by atoms with Crippen molar-refractivity contribution >= 4 is 41.5 Å². The Hall–Kier alpha value is -1.91. The van der Waals surface area contributed by atoms with Gasteiger partial charge in [0.2, 0.25) is 5.91 Å². The van der Waals surface area contributed by atoms with Crippen LogP contribution >= 0.6 is 24.0 Å². The minimum absolute atomic E-state index is 0. The fourth-order valence-corrected chi connectivity index (χ4v) is 3.55. The first-order valence-corrected chi connectivity index (χ1v) is 9.66. The third-order valence-corrected chi connectivity index (χ3v) is 5.12. The minimum atomic E-state index is 0. The number of halogens is 1. The van der Waals surface area contributed by atoms with Crippen molar-refractivity contribution in [2.24, 2.45) is 10.9 Å². The maximum Gasteiger partial charge on any atom is 0.220 e. The van der Waals surface area contributed by atoms with Crippen molar-refractivity contribution in [3.8, 4) is 0 Å². The second-order valence-electron chi connectivity index (χ2n) is 6.93. The lowest BCUT2D eigenvalue weighted by atomic mass is 9.93. The van der Waals surface area contributed by atoms with Gasteiger partial charge in [0.1, 0.15) is 5.82 Å². The van der Waals surface area contributed by atoms with Crippen LogP contribution < -0.4 is 10.6 Å². The maximum absolute atomic E-state index is 11.5. The Morgan fingerprint density at radius 3 is 2.79 bits per heavy atom. The molecule has 2 aromatic heterocycles. The molecule has 0 saturated carbocycles. The van der Waals surface area contributed by atoms with Gasteiger partial charge in [0.15, 0.2) is 11.6 Å². The van der Waals surface area contributed by atoms with Crippen molar-refractivity contribution < 1.29 is 4.79 Å². The molecule has 3 rings (SSSR count). The summed E-state index contributed by atoms with van der Waals surface area (Å²) in [5, 5.41) is 14.6. The average Bonchev–Trinajstić information content (AvgIpc) is 3.12. The summed E-state index contributed by atoms with van der Waals surface area (Å²) in [6.45, 7) is 2.72. The molecule has 1 saturated heterocycles. The van der Waals surface area contributed by atoms with Gasteiger partial charge < -0.3 is 15.5 Å². The Morgan fingerprint density at radius 2 is 2.07 bits per heavy atom. The van der Waals surface area contributed by atoms with Crippen molar-refractivity contribution in [3.63, 3.8) is 0 Å². The molecule has 3 heterocycles. The fourth-order valence-electron chi connectivity index (χ4n) is 3.55. The Morgan fingerprint density at radius 1 is 1.29 bits per heavy atom. The van der Waals surface area contributed by atoms with E-state index in [0.717, 1.165) is 62.7 Å². The summed E-state index contributed by atoms with van der Waals surface area (Å²) in [5.41, 5.74) is 0.885. The van der Waals surface area contributed by atoms with Gasteiger partial charge in [-0.3, -0.25) is 14.2 Å². The predicted molar refractivity (Wildman–Crippen MR) is 121 cm³/mol. The number of fused-ring (bicyclic) bond motifs is 1. The van der Waals surface area contributed by atoms with E-state index in [1.165, 1.54) is 0 Å². The van der Waals surface area contributed by atoms with Crippen LogP contribution in [0.3, 0.4) is 0 Å². The van der Waals surface area contributed by atoms with Crippen LogP contribution in [-0.4, -0.2) is 65.1 Å². The average molecular weight is 499 g/mol. The Balaban J connectivity index is 0.00000280. The van der Waals surface area contributed by atoms with Crippen LogP contribution in [0.1, 0.15) is 31.5 Å². The van der Waals surface area contributed by atoms with E-state index >= 15 is 0 Å². The number of aliphatic imine (C=N–C) groups is 1. The monoisotopic (exact) mass is 499 g/mol. The second-order valence-corrected chi connectivity index (χ2v) is 6.93. The lowest BCUT2D eigenvalue weighted by Crippen LogP contribution is -2.46. The largest absolute Gasteiger partial charge is 0.359 e. The second kappa shape index (κ2) is 11.2. The van der Waals surface area contributed by atoms with E-state index in [9.17, 15) is 4.79 Å². The lowest BCUT2D eigenvalue weighted by molar-refractivity contribution is -0.121. The number of guanidine groups is 1. The number of piperidine rings is 1. The van der Waals surface area contributed by atoms with E-state index in [0.29, 0.717) is 12.3 Å². The molecule has 0 aliphatic carbocycles. The van der Waals surface area contributed by atoms with Gasteiger partial charge in [0.05, 0.1) is 0 Å². The Labute approximate surface area is 183 Å². The number of aryl methyl sites for hydroxylation is 1. The molecule has 1 amide bonds. The number of nitrogens with one attached hydrogen (secondary N) is 2. The first kappa shape index (κ1) is 22.4. The number of amides is 1. The van der Waals surface area contributed by atoms with Crippen molar-refractivity contribution in [1.29, 1.82) is 0 Å². The molecule has 2 N–H and O–H groups in total. The van der Waals surface area contributed by atoms with Crippen LogP contribution in [0.4, 0.5) is 0 Å². The summed E-state index contributed by atoms with van der Waals surface area (Å²) in [6.07, 6.45) is 6.51. The van der Waals surface area contributed by atoms with Crippen molar-refractivity contribution in [2.75, 3.05) is 33.7 Å². The van der Waals surface area contributed by atoms with Gasteiger partial charge in [0, 0.05) is 52.8 Å². The van der Waals surface area contributed by atoms with E-state index in [1.807, 2.05) is 35.8 Å². The summed E-state index contributed by atoms with van der Waals surface area (Å²) in [5.74, 6) is 2.54. The molecule has 1 fully saturated rings. The number of pyridine rings is 1. The molecule has 0 spiro atoms. The SMILES string of the molecule is CN=C(NCCCc1nnc2ccccn12)N1CCC(CC(=O)NC)CC1.I. The molecule has 8 nitrogen and oxygen atoms in total. The highest BCUT2D eigenvalue weighted by molar-refractivity contribution is 14.0. The van der Waals surface area contributed by atoms with E-state index in [4.69, 9.17) is 0 Å². The Kier molecular flexibility index (Phi) is 8.94. The van der Waals surface area contributed by atoms with Gasteiger partial charge in [0.25, 0.3) is 0 Å². The topological polar surface area (TPSA) is 86.9 Å². The van der Waals surface area contributed by atoms with E-state index in [2.05, 4.69) is 30.7 Å². The predicted octanol–water partition coefficient (Wildman–Crippen LogP) is 1.70. The smallest absolute Gasteiger partial charge is 0.220 e. The minimum Gasteiger partial charge on any atom is -0.359 e. The number of hydrogen-bond donors (Lipinski definition) is 2. The number of carbonyl (C=O) groups excluding carboxylic acids is 1. The summed E-state index contributed by atoms with van der Waals surface area (Å²) < 4.78 is 2.03. The number of nitrogens with zero attached hydrogens (tertiary/aromatic N) is 5. The number of carbonyl (C=O) groups is 1. The van der Waals surface area contributed by atoms with Crippen molar-refractivity contribution in [3.05, 3.63) is 30.2 Å². The van der Waals surface area contributed by atoms with E-state index in [1.54, 1.807) is 7.05 Å². The van der Waals surface area contributed by atoms with E-state index in [-0.39, 0.29) is 29.9 Å². The molecular weight excluding hydrogens is 469 g/mol. The molecule has 0 bridgehead atoms. The summed E-state index contributed by atoms with van der Waals surface area (Å²) in [7, 11) is 3.52. The molecule has 2 aromatic rings. The van der Waals surface area contributed by atoms with Crippen molar-refractivity contribution in [1.82, 2.24) is 30.1 Å². The summed E-state index contributed by atoms with van der Waals surface area (Å²) in [4.78, 5) is 18.2. The van der Waals surface area contributed by atoms with Crippen molar-refractivity contribution in [2.45, 2.75) is 32.1 Å². The molecular formula is C19H30IN7O. The Bertz CT molecular complexity index is 783. The highest BCUT2D eigenvalue weighted by atomic mass is 127. The molecule has 9 heteroatoms. The number of aromatic nitrogens is 3. The molecule has 0 atom stereocenters. The maximum atomic E-state index is 11.5. The van der Waals surface area contributed by atoms with Gasteiger partial charge in [-0.15, -0.1) is 34.2 Å². The van der Waals surface area contributed by atoms with Gasteiger partial charge in [-0.25, -0.2) is 0 Å². The van der Waals surface area contributed by atoms with Gasteiger partial charge in [-0.05, 0) is 37.3 Å². The zero-order chi connectivity index (χ0) is 19.1. The van der Waals surface area contributed by atoms with Crippen LogP contribution in [-0.2, 0) is 11.2 Å². The molecule has 0 aromatic carbocycles. The molecule has 1 aliphatic heterocycles. The molecule has 28 heavy (non-hydrogen) atoms.